The summed E-state index contributed by atoms with van der Waals surface area (Å²) in [7, 11) is 0. The number of rotatable bonds is 7. The normalized spacial score (nSPS) is 10.1. The number of amides is 1. The van der Waals surface area contributed by atoms with Crippen LogP contribution in [0.25, 0.3) is 0 Å². The van der Waals surface area contributed by atoms with E-state index in [-0.39, 0.29) is 5.91 Å². The Balaban J connectivity index is 1.83. The molecule has 4 nitrogen and oxygen atoms in total. The number of hydrogen-bond donors (Lipinski definition) is 2. The van der Waals surface area contributed by atoms with Gasteiger partial charge in [0.25, 0.3) is 0 Å². The highest BCUT2D eigenvalue weighted by Crippen LogP contribution is 2.17. The summed E-state index contributed by atoms with van der Waals surface area (Å²) in [5.74, 6) is 0.735. The Kier molecular flexibility index (Phi) is 5.79. The van der Waals surface area contributed by atoms with Crippen molar-refractivity contribution < 1.29 is 9.53 Å². The minimum absolute atomic E-state index is 0.0465. The first kappa shape index (κ1) is 15.1. The first-order valence-electron chi connectivity index (χ1n) is 7.05. The molecule has 0 heterocycles. The van der Waals surface area contributed by atoms with Crippen molar-refractivity contribution in [3.8, 4) is 5.75 Å². The Hall–Kier alpha value is -2.33. The molecule has 0 aromatic heterocycles. The van der Waals surface area contributed by atoms with E-state index in [9.17, 15) is 4.79 Å². The highest BCUT2D eigenvalue weighted by Gasteiger charge is 2.01. The van der Waals surface area contributed by atoms with Gasteiger partial charge in [0.05, 0.1) is 6.54 Å². The van der Waals surface area contributed by atoms with Crippen molar-refractivity contribution in [2.24, 2.45) is 0 Å². The van der Waals surface area contributed by atoms with Crippen LogP contribution in [0.5, 0.6) is 5.75 Å². The average molecular weight is 284 g/mol. The van der Waals surface area contributed by atoms with Gasteiger partial charge in [0.2, 0.25) is 5.91 Å². The Morgan fingerprint density at radius 3 is 2.43 bits per heavy atom. The number of carbonyl (C=O) groups excluding carboxylic acids is 1. The van der Waals surface area contributed by atoms with E-state index < -0.39 is 0 Å². The number of likely N-dealkylation sites (N-methyl/N-ethyl adjacent to an activating group) is 1. The third-order valence-corrected chi connectivity index (χ3v) is 2.92. The van der Waals surface area contributed by atoms with Crippen molar-refractivity contribution in [1.82, 2.24) is 5.32 Å². The third kappa shape index (κ3) is 5.28. The van der Waals surface area contributed by atoms with Gasteiger partial charge in [-0.05, 0) is 36.4 Å². The van der Waals surface area contributed by atoms with Crippen LogP contribution in [0.3, 0.4) is 0 Å². The Morgan fingerprint density at radius 2 is 1.76 bits per heavy atom. The molecular formula is C17H20N2O2. The maximum Gasteiger partial charge on any atom is 0.238 e. The second kappa shape index (κ2) is 8.07. The van der Waals surface area contributed by atoms with E-state index in [2.05, 4.69) is 10.6 Å². The molecule has 2 rings (SSSR count). The molecule has 0 bridgehead atoms. The van der Waals surface area contributed by atoms with Crippen LogP contribution in [0.2, 0.25) is 0 Å². The van der Waals surface area contributed by atoms with E-state index in [1.54, 1.807) is 0 Å². The molecule has 110 valence electrons. The molecule has 0 aliphatic carbocycles. The van der Waals surface area contributed by atoms with Crippen LogP contribution >= 0.6 is 0 Å². The molecule has 0 aliphatic rings. The Labute approximate surface area is 125 Å². The molecule has 0 aliphatic heterocycles. The van der Waals surface area contributed by atoms with Crippen molar-refractivity contribution in [3.63, 3.8) is 0 Å². The lowest BCUT2D eigenvalue weighted by molar-refractivity contribution is -0.115. The summed E-state index contributed by atoms with van der Waals surface area (Å²) in [4.78, 5) is 11.6. The van der Waals surface area contributed by atoms with Crippen molar-refractivity contribution >= 4 is 11.6 Å². The summed E-state index contributed by atoms with van der Waals surface area (Å²) < 4.78 is 5.69. The lowest BCUT2D eigenvalue weighted by atomic mass is 10.2. The van der Waals surface area contributed by atoms with Crippen LogP contribution in [0.15, 0.2) is 54.6 Å². The third-order valence-electron chi connectivity index (χ3n) is 2.92. The van der Waals surface area contributed by atoms with Gasteiger partial charge in [-0.25, -0.2) is 0 Å². The second-order valence-corrected chi connectivity index (χ2v) is 4.63. The smallest absolute Gasteiger partial charge is 0.238 e. The summed E-state index contributed by atoms with van der Waals surface area (Å²) in [5.41, 5.74) is 1.89. The van der Waals surface area contributed by atoms with Gasteiger partial charge in [0, 0.05) is 5.69 Å². The summed E-state index contributed by atoms with van der Waals surface area (Å²) in [5, 5.41) is 5.80. The minimum Gasteiger partial charge on any atom is -0.489 e. The maximum absolute atomic E-state index is 11.6. The lowest BCUT2D eigenvalue weighted by Crippen LogP contribution is -2.27. The van der Waals surface area contributed by atoms with Crippen molar-refractivity contribution in [2.75, 3.05) is 18.4 Å². The van der Waals surface area contributed by atoms with Gasteiger partial charge < -0.3 is 15.4 Å². The van der Waals surface area contributed by atoms with E-state index in [0.29, 0.717) is 13.2 Å². The zero-order valence-corrected chi connectivity index (χ0v) is 12.1. The molecular weight excluding hydrogens is 264 g/mol. The number of carbonyl (C=O) groups is 1. The SMILES string of the molecule is CCNCC(=O)Nc1ccc(OCc2ccccc2)cc1. The van der Waals surface area contributed by atoms with Crippen LogP contribution in [-0.2, 0) is 11.4 Å². The van der Waals surface area contributed by atoms with Crippen molar-refractivity contribution in [2.45, 2.75) is 13.5 Å². The zero-order chi connectivity index (χ0) is 14.9. The minimum atomic E-state index is -0.0465. The van der Waals surface area contributed by atoms with Gasteiger partial charge in [-0.15, -0.1) is 0 Å². The van der Waals surface area contributed by atoms with Gasteiger partial charge in [0.15, 0.2) is 0 Å². The predicted molar refractivity (Wildman–Crippen MR) is 84.4 cm³/mol. The summed E-state index contributed by atoms with van der Waals surface area (Å²) in [6, 6.07) is 17.4. The van der Waals surface area contributed by atoms with Crippen LogP contribution in [0.1, 0.15) is 12.5 Å². The first-order chi connectivity index (χ1) is 10.3. The maximum atomic E-state index is 11.6. The van der Waals surface area contributed by atoms with E-state index in [1.165, 1.54) is 0 Å². The number of anilines is 1. The molecule has 21 heavy (non-hydrogen) atoms. The fourth-order valence-electron chi connectivity index (χ4n) is 1.82. The summed E-state index contributed by atoms with van der Waals surface area (Å²) >= 11 is 0. The van der Waals surface area contributed by atoms with Crippen molar-refractivity contribution in [1.29, 1.82) is 0 Å². The van der Waals surface area contributed by atoms with Crippen LogP contribution in [-0.4, -0.2) is 19.0 Å². The van der Waals surface area contributed by atoms with Crippen molar-refractivity contribution in [3.05, 3.63) is 60.2 Å². The molecule has 0 fully saturated rings. The number of benzene rings is 2. The first-order valence-corrected chi connectivity index (χ1v) is 7.05. The zero-order valence-electron chi connectivity index (χ0n) is 12.1. The molecule has 0 radical (unpaired) electrons. The molecule has 0 saturated carbocycles. The molecule has 2 N–H and O–H groups in total. The van der Waals surface area contributed by atoms with E-state index >= 15 is 0 Å². The second-order valence-electron chi connectivity index (χ2n) is 4.63. The van der Waals surface area contributed by atoms with Gasteiger partial charge >= 0.3 is 0 Å². The monoisotopic (exact) mass is 284 g/mol. The molecule has 0 unspecified atom stereocenters. The largest absolute Gasteiger partial charge is 0.489 e. The predicted octanol–water partition coefficient (Wildman–Crippen LogP) is 2.81. The number of ether oxygens (including phenoxy) is 1. The summed E-state index contributed by atoms with van der Waals surface area (Å²) in [6.07, 6.45) is 0. The highest BCUT2D eigenvalue weighted by atomic mass is 16.5. The lowest BCUT2D eigenvalue weighted by Gasteiger charge is -2.08. The fourth-order valence-corrected chi connectivity index (χ4v) is 1.82. The quantitative estimate of drug-likeness (QED) is 0.822. The topological polar surface area (TPSA) is 50.4 Å². The van der Waals surface area contributed by atoms with E-state index in [1.807, 2.05) is 61.5 Å². The summed E-state index contributed by atoms with van der Waals surface area (Å²) in [6.45, 7) is 3.60. The highest BCUT2D eigenvalue weighted by molar-refractivity contribution is 5.92. The molecule has 2 aromatic rings. The van der Waals surface area contributed by atoms with Gasteiger partial charge in [-0.1, -0.05) is 37.3 Å². The van der Waals surface area contributed by atoms with E-state index in [4.69, 9.17) is 4.74 Å². The molecule has 0 spiro atoms. The van der Waals surface area contributed by atoms with Gasteiger partial charge in [-0.3, -0.25) is 4.79 Å². The Morgan fingerprint density at radius 1 is 1.05 bits per heavy atom. The molecule has 0 saturated heterocycles. The van der Waals surface area contributed by atoms with Crippen LogP contribution in [0.4, 0.5) is 5.69 Å². The number of nitrogens with one attached hydrogen (secondary N) is 2. The standard InChI is InChI=1S/C17H20N2O2/c1-2-18-12-17(20)19-15-8-10-16(11-9-15)21-13-14-6-4-3-5-7-14/h3-11,18H,2,12-13H2,1H3,(H,19,20). The van der Waals surface area contributed by atoms with Crippen LogP contribution in [0, 0.1) is 0 Å². The molecule has 4 heteroatoms. The number of hydrogen-bond acceptors (Lipinski definition) is 3. The van der Waals surface area contributed by atoms with E-state index in [0.717, 1.165) is 23.5 Å². The average Bonchev–Trinajstić information content (AvgIpc) is 2.53. The Bertz CT molecular complexity index is 553. The fraction of sp³-hybridized carbons (Fsp3) is 0.235. The van der Waals surface area contributed by atoms with Crippen LogP contribution < -0.4 is 15.4 Å². The molecule has 1 amide bonds. The molecule has 2 aromatic carbocycles. The van der Waals surface area contributed by atoms with Gasteiger partial charge in [-0.2, -0.15) is 0 Å². The molecule has 0 atom stereocenters. The van der Waals surface area contributed by atoms with Gasteiger partial charge in [0.1, 0.15) is 12.4 Å².